The average molecular weight is 222 g/mol. The van der Waals surface area contributed by atoms with Gasteiger partial charge in [0.1, 0.15) is 0 Å². The second kappa shape index (κ2) is 6.38. The maximum Gasteiger partial charge on any atom is 0.0637 e. The summed E-state index contributed by atoms with van der Waals surface area (Å²) in [6.07, 6.45) is 1.11. The number of anilines is 2. The number of hydrogen-bond acceptors (Lipinski definition) is 3. The quantitative estimate of drug-likeness (QED) is 0.752. The summed E-state index contributed by atoms with van der Waals surface area (Å²) in [4.78, 5) is 2.33. The molecule has 0 amide bonds. The van der Waals surface area contributed by atoms with Crippen LogP contribution in [0.25, 0.3) is 0 Å². The number of nitrogens with two attached hydrogens (primary N) is 1. The predicted octanol–water partition coefficient (Wildman–Crippen LogP) is 2.52. The van der Waals surface area contributed by atoms with E-state index >= 15 is 0 Å². The molecule has 1 aromatic rings. The monoisotopic (exact) mass is 222 g/mol. The van der Waals surface area contributed by atoms with Crippen molar-refractivity contribution < 1.29 is 4.74 Å². The maximum absolute atomic E-state index is 5.81. The van der Waals surface area contributed by atoms with Crippen molar-refractivity contribution in [3.63, 3.8) is 0 Å². The van der Waals surface area contributed by atoms with E-state index in [-0.39, 0.29) is 0 Å². The van der Waals surface area contributed by atoms with Crippen molar-refractivity contribution in [3.8, 4) is 0 Å². The lowest BCUT2D eigenvalue weighted by atomic mass is 10.1. The summed E-state index contributed by atoms with van der Waals surface area (Å²) < 4.78 is 5.15. The van der Waals surface area contributed by atoms with E-state index in [2.05, 4.69) is 24.8 Å². The van der Waals surface area contributed by atoms with Gasteiger partial charge in [0.2, 0.25) is 0 Å². The van der Waals surface area contributed by atoms with E-state index in [1.165, 1.54) is 5.69 Å². The molecule has 1 aromatic carbocycles. The highest BCUT2D eigenvalue weighted by atomic mass is 16.5. The Bertz CT molecular complexity index is 315. The Morgan fingerprint density at radius 1 is 1.44 bits per heavy atom. The molecule has 0 heterocycles. The van der Waals surface area contributed by atoms with Gasteiger partial charge in [0.05, 0.1) is 6.61 Å². The smallest absolute Gasteiger partial charge is 0.0637 e. The molecule has 0 aliphatic carbocycles. The van der Waals surface area contributed by atoms with Crippen molar-refractivity contribution in [1.82, 2.24) is 0 Å². The van der Waals surface area contributed by atoms with Gasteiger partial charge < -0.3 is 15.4 Å². The van der Waals surface area contributed by atoms with Crippen molar-refractivity contribution in [1.29, 1.82) is 0 Å². The third kappa shape index (κ3) is 3.42. The lowest BCUT2D eigenvalue weighted by molar-refractivity contribution is 0.203. The summed E-state index contributed by atoms with van der Waals surface area (Å²) in [5, 5.41) is 0. The van der Waals surface area contributed by atoms with E-state index in [9.17, 15) is 0 Å². The molecule has 0 fully saturated rings. The van der Waals surface area contributed by atoms with Crippen LogP contribution in [-0.4, -0.2) is 26.3 Å². The molecule has 16 heavy (non-hydrogen) atoms. The second-order valence-corrected chi connectivity index (χ2v) is 4.04. The molecular formula is C13H22N2O. The van der Waals surface area contributed by atoms with Crippen LogP contribution in [0.15, 0.2) is 24.3 Å². The van der Waals surface area contributed by atoms with Gasteiger partial charge >= 0.3 is 0 Å². The molecule has 0 aliphatic rings. The normalized spacial score (nSPS) is 12.4. The number of ether oxygens (including phenoxy) is 1. The molecule has 0 aliphatic heterocycles. The van der Waals surface area contributed by atoms with Crippen molar-refractivity contribution in [2.24, 2.45) is 0 Å². The zero-order chi connectivity index (χ0) is 12.0. The zero-order valence-electron chi connectivity index (χ0n) is 10.4. The van der Waals surface area contributed by atoms with Gasteiger partial charge in [-0.15, -0.1) is 0 Å². The largest absolute Gasteiger partial charge is 0.399 e. The summed E-state index contributed by atoms with van der Waals surface area (Å²) >= 11 is 0. The first-order chi connectivity index (χ1) is 7.69. The first-order valence-electron chi connectivity index (χ1n) is 5.80. The van der Waals surface area contributed by atoms with Gasteiger partial charge in [-0.1, -0.05) is 13.0 Å². The minimum atomic E-state index is 0.497. The average Bonchev–Trinajstić information content (AvgIpc) is 2.29. The van der Waals surface area contributed by atoms with E-state index in [0.717, 1.165) is 25.3 Å². The van der Waals surface area contributed by atoms with Crippen LogP contribution in [0.2, 0.25) is 0 Å². The van der Waals surface area contributed by atoms with Crippen LogP contribution in [0.4, 0.5) is 11.4 Å². The molecule has 1 unspecified atom stereocenters. The molecule has 0 spiro atoms. The van der Waals surface area contributed by atoms with Crippen LogP contribution in [-0.2, 0) is 4.74 Å². The van der Waals surface area contributed by atoms with E-state index < -0.39 is 0 Å². The predicted molar refractivity (Wildman–Crippen MR) is 69.8 cm³/mol. The summed E-state index contributed by atoms with van der Waals surface area (Å²) in [7, 11) is 1.73. The van der Waals surface area contributed by atoms with Gasteiger partial charge in [0.15, 0.2) is 0 Å². The Labute approximate surface area is 98.2 Å². The highest BCUT2D eigenvalue weighted by Gasteiger charge is 2.12. The Morgan fingerprint density at radius 2 is 2.19 bits per heavy atom. The molecule has 2 N–H and O–H groups in total. The highest BCUT2D eigenvalue weighted by Crippen LogP contribution is 2.20. The zero-order valence-corrected chi connectivity index (χ0v) is 10.4. The maximum atomic E-state index is 5.81. The number of hydrogen-bond donors (Lipinski definition) is 1. The number of rotatable bonds is 6. The van der Waals surface area contributed by atoms with Gasteiger partial charge in [0, 0.05) is 31.1 Å². The molecule has 90 valence electrons. The number of benzene rings is 1. The van der Waals surface area contributed by atoms with Crippen molar-refractivity contribution in [2.45, 2.75) is 26.3 Å². The minimum absolute atomic E-state index is 0.497. The second-order valence-electron chi connectivity index (χ2n) is 4.04. The molecule has 3 nitrogen and oxygen atoms in total. The SMILES string of the molecule is CCC(C)N(CCOC)c1cccc(N)c1. The molecule has 0 aromatic heterocycles. The fraction of sp³-hybridized carbons (Fsp3) is 0.538. The third-order valence-electron chi connectivity index (χ3n) is 2.86. The lowest BCUT2D eigenvalue weighted by Crippen LogP contribution is -2.35. The molecule has 0 saturated carbocycles. The van der Waals surface area contributed by atoms with Gasteiger partial charge in [-0.3, -0.25) is 0 Å². The lowest BCUT2D eigenvalue weighted by Gasteiger charge is -2.30. The van der Waals surface area contributed by atoms with Crippen LogP contribution < -0.4 is 10.6 Å². The molecule has 0 bridgehead atoms. The summed E-state index contributed by atoms with van der Waals surface area (Å²) in [6.45, 7) is 6.05. The van der Waals surface area contributed by atoms with Crippen LogP contribution in [0.1, 0.15) is 20.3 Å². The minimum Gasteiger partial charge on any atom is -0.399 e. The Kier molecular flexibility index (Phi) is 5.12. The van der Waals surface area contributed by atoms with Gasteiger partial charge in [0.25, 0.3) is 0 Å². The molecule has 1 atom stereocenters. The number of nitrogens with zero attached hydrogens (tertiary/aromatic N) is 1. The Morgan fingerprint density at radius 3 is 2.75 bits per heavy atom. The van der Waals surface area contributed by atoms with Gasteiger partial charge in [-0.25, -0.2) is 0 Å². The fourth-order valence-electron chi connectivity index (χ4n) is 1.72. The summed E-state index contributed by atoms with van der Waals surface area (Å²) in [5.74, 6) is 0. The number of methoxy groups -OCH3 is 1. The van der Waals surface area contributed by atoms with Crippen molar-refractivity contribution >= 4 is 11.4 Å². The van der Waals surface area contributed by atoms with Crippen LogP contribution >= 0.6 is 0 Å². The van der Waals surface area contributed by atoms with Crippen molar-refractivity contribution in [3.05, 3.63) is 24.3 Å². The summed E-state index contributed by atoms with van der Waals surface area (Å²) in [5.41, 5.74) is 7.79. The topological polar surface area (TPSA) is 38.5 Å². The Balaban J connectivity index is 2.82. The van der Waals surface area contributed by atoms with Gasteiger partial charge in [-0.05, 0) is 31.5 Å². The van der Waals surface area contributed by atoms with E-state index in [0.29, 0.717) is 6.04 Å². The highest BCUT2D eigenvalue weighted by molar-refractivity contribution is 5.56. The van der Waals surface area contributed by atoms with Crippen LogP contribution in [0, 0.1) is 0 Å². The number of nitrogen functional groups attached to an aromatic ring is 1. The summed E-state index contributed by atoms with van der Waals surface area (Å²) in [6, 6.07) is 8.51. The molecule has 3 heteroatoms. The van der Waals surface area contributed by atoms with Crippen molar-refractivity contribution in [2.75, 3.05) is 30.9 Å². The molecular weight excluding hydrogens is 200 g/mol. The van der Waals surface area contributed by atoms with Gasteiger partial charge in [-0.2, -0.15) is 0 Å². The van der Waals surface area contributed by atoms with Crippen LogP contribution in [0.5, 0.6) is 0 Å². The first kappa shape index (κ1) is 12.8. The van der Waals surface area contributed by atoms with E-state index in [1.54, 1.807) is 7.11 Å². The first-order valence-corrected chi connectivity index (χ1v) is 5.80. The van der Waals surface area contributed by atoms with Crippen LogP contribution in [0.3, 0.4) is 0 Å². The molecule has 0 saturated heterocycles. The fourth-order valence-corrected chi connectivity index (χ4v) is 1.72. The standard InChI is InChI=1S/C13H22N2O/c1-4-11(2)15(8-9-16-3)13-7-5-6-12(14)10-13/h5-7,10-11H,4,8-9,14H2,1-3H3. The van der Waals surface area contributed by atoms with E-state index in [4.69, 9.17) is 10.5 Å². The molecule has 1 rings (SSSR count). The molecule has 0 radical (unpaired) electrons. The van der Waals surface area contributed by atoms with E-state index in [1.807, 2.05) is 18.2 Å². The Hall–Kier alpha value is -1.22. The third-order valence-corrected chi connectivity index (χ3v) is 2.86.